The van der Waals surface area contributed by atoms with Gasteiger partial charge in [-0.15, -0.1) is 11.3 Å². The number of carbonyl (C=O) groups is 1. The first kappa shape index (κ1) is 16.9. The van der Waals surface area contributed by atoms with Crippen LogP contribution in [0, 0.1) is 11.7 Å². The van der Waals surface area contributed by atoms with Crippen LogP contribution in [0.15, 0.2) is 35.7 Å². The summed E-state index contributed by atoms with van der Waals surface area (Å²) in [6, 6.07) is 8.76. The molecule has 2 N–H and O–H groups in total. The first-order valence-electron chi connectivity index (χ1n) is 7.26. The number of H-pyrrole nitrogens is 1. The Bertz CT molecular complexity index is 930. The minimum absolute atomic E-state index is 0.185. The van der Waals surface area contributed by atoms with Gasteiger partial charge in [0.1, 0.15) is 6.04 Å². The van der Waals surface area contributed by atoms with E-state index < -0.39 is 6.04 Å². The van der Waals surface area contributed by atoms with Crippen LogP contribution in [0.4, 0.5) is 5.69 Å². The van der Waals surface area contributed by atoms with Gasteiger partial charge in [-0.1, -0.05) is 23.7 Å². The lowest BCUT2D eigenvalue weighted by Crippen LogP contribution is -2.24. The maximum absolute atomic E-state index is 12.7. The molecule has 0 aliphatic carbocycles. The van der Waals surface area contributed by atoms with Gasteiger partial charge in [0.05, 0.1) is 4.88 Å². The highest BCUT2D eigenvalue weighted by molar-refractivity contribution is 7.71. The third kappa shape index (κ3) is 3.15. The molecule has 0 bridgehead atoms. The lowest BCUT2D eigenvalue weighted by molar-refractivity contribution is -0.118. The molecule has 1 amide bonds. The summed E-state index contributed by atoms with van der Waals surface area (Å²) >= 11 is 13.0. The minimum Gasteiger partial charge on any atom is -0.324 e. The van der Waals surface area contributed by atoms with Gasteiger partial charge in [-0.2, -0.15) is 5.10 Å². The van der Waals surface area contributed by atoms with Crippen LogP contribution < -0.4 is 5.32 Å². The summed E-state index contributed by atoms with van der Waals surface area (Å²) in [5.41, 5.74) is 1.51. The van der Waals surface area contributed by atoms with Crippen molar-refractivity contribution < 1.29 is 4.79 Å². The highest BCUT2D eigenvalue weighted by atomic mass is 35.5. The average molecular weight is 379 g/mol. The summed E-state index contributed by atoms with van der Waals surface area (Å²) in [6.07, 6.45) is 0. The molecule has 0 radical (unpaired) electrons. The number of hydrogen-bond acceptors (Lipinski definition) is 4. The molecule has 3 rings (SSSR count). The van der Waals surface area contributed by atoms with Gasteiger partial charge in [-0.3, -0.25) is 14.5 Å². The molecule has 1 atom stereocenters. The van der Waals surface area contributed by atoms with Crippen LogP contribution in [-0.4, -0.2) is 20.7 Å². The monoisotopic (exact) mass is 378 g/mol. The number of hydrogen-bond donors (Lipinski definition) is 2. The second kappa shape index (κ2) is 6.88. The summed E-state index contributed by atoms with van der Waals surface area (Å²) in [5, 5.41) is 12.5. The van der Waals surface area contributed by atoms with E-state index in [1.165, 1.54) is 0 Å². The highest BCUT2D eigenvalue weighted by Crippen LogP contribution is 2.27. The van der Waals surface area contributed by atoms with E-state index in [0.717, 1.165) is 10.4 Å². The molecule has 8 heteroatoms. The van der Waals surface area contributed by atoms with E-state index in [0.29, 0.717) is 21.3 Å². The van der Waals surface area contributed by atoms with Gasteiger partial charge in [-0.25, -0.2) is 0 Å². The Hall–Kier alpha value is -1.96. The molecule has 2 heterocycles. The number of thiophene rings is 1. The Morgan fingerprint density at radius 1 is 1.42 bits per heavy atom. The quantitative estimate of drug-likeness (QED) is 0.639. The van der Waals surface area contributed by atoms with E-state index in [1.807, 2.05) is 30.5 Å². The van der Waals surface area contributed by atoms with Crippen molar-refractivity contribution in [3.05, 3.63) is 51.1 Å². The fraction of sp³-hybridized carbons (Fsp3) is 0.188. The molecule has 0 fully saturated rings. The van der Waals surface area contributed by atoms with E-state index in [-0.39, 0.29) is 5.91 Å². The van der Waals surface area contributed by atoms with E-state index >= 15 is 0 Å². The van der Waals surface area contributed by atoms with Crippen molar-refractivity contribution in [3.63, 3.8) is 0 Å². The van der Waals surface area contributed by atoms with Gasteiger partial charge in [0.25, 0.3) is 0 Å². The molecule has 3 aromatic rings. The topological polar surface area (TPSA) is 62.7 Å². The van der Waals surface area contributed by atoms with Crippen LogP contribution in [0.5, 0.6) is 0 Å². The summed E-state index contributed by atoms with van der Waals surface area (Å²) < 4.78 is 2.12. The van der Waals surface area contributed by atoms with Crippen LogP contribution in [0.2, 0.25) is 5.02 Å². The van der Waals surface area contributed by atoms with Crippen LogP contribution >= 0.6 is 35.2 Å². The number of anilines is 1. The number of nitrogens with one attached hydrogen (secondary N) is 2. The number of halogens is 1. The number of benzene rings is 1. The second-order valence-electron chi connectivity index (χ2n) is 5.28. The summed E-state index contributed by atoms with van der Waals surface area (Å²) in [4.78, 5) is 13.6. The van der Waals surface area contributed by atoms with E-state index in [9.17, 15) is 4.79 Å². The first-order valence-corrected chi connectivity index (χ1v) is 8.92. The van der Waals surface area contributed by atoms with Crippen molar-refractivity contribution in [1.82, 2.24) is 14.8 Å². The van der Waals surface area contributed by atoms with Gasteiger partial charge in [0, 0.05) is 10.7 Å². The van der Waals surface area contributed by atoms with Crippen molar-refractivity contribution in [2.45, 2.75) is 19.9 Å². The average Bonchev–Trinajstić information content (AvgIpc) is 3.20. The SMILES string of the molecule is Cc1c(Cl)cccc1NC(=O)[C@@H](C)n1c(-c2cccs2)n[nH]c1=S. The molecule has 1 aromatic carbocycles. The second-order valence-corrected chi connectivity index (χ2v) is 7.02. The van der Waals surface area contributed by atoms with Gasteiger partial charge in [0.2, 0.25) is 5.91 Å². The van der Waals surface area contributed by atoms with Crippen molar-refractivity contribution in [1.29, 1.82) is 0 Å². The lowest BCUT2D eigenvalue weighted by Gasteiger charge is -2.16. The standard InChI is InChI=1S/C16H15ClN4OS2/c1-9-11(17)5-3-6-12(9)18-15(22)10(2)21-14(19-20-16(21)23)13-7-4-8-24-13/h3-8,10H,1-2H3,(H,18,22)(H,20,23)/t10-/m1/s1. The number of nitrogens with zero attached hydrogens (tertiary/aromatic N) is 2. The Balaban J connectivity index is 1.91. The third-order valence-electron chi connectivity index (χ3n) is 3.74. The van der Waals surface area contributed by atoms with Crippen molar-refractivity contribution >= 4 is 46.8 Å². The Labute approximate surface area is 153 Å². The fourth-order valence-electron chi connectivity index (χ4n) is 2.34. The van der Waals surface area contributed by atoms with Gasteiger partial charge in [0.15, 0.2) is 10.6 Å². The van der Waals surface area contributed by atoms with Crippen LogP contribution in [0.1, 0.15) is 18.5 Å². The molecule has 2 aromatic heterocycles. The lowest BCUT2D eigenvalue weighted by atomic mass is 10.2. The molecular formula is C16H15ClN4OS2. The zero-order chi connectivity index (χ0) is 17.3. The predicted molar refractivity (Wildman–Crippen MR) is 100 cm³/mol. The van der Waals surface area contributed by atoms with E-state index in [4.69, 9.17) is 23.8 Å². The maximum atomic E-state index is 12.7. The summed E-state index contributed by atoms with van der Waals surface area (Å²) in [5.74, 6) is 0.469. The zero-order valence-electron chi connectivity index (χ0n) is 13.0. The number of carbonyl (C=O) groups excluding carboxylic acids is 1. The number of rotatable bonds is 4. The molecular weight excluding hydrogens is 364 g/mol. The van der Waals surface area contributed by atoms with Gasteiger partial charge in [-0.05, 0) is 55.2 Å². The molecule has 5 nitrogen and oxygen atoms in total. The Morgan fingerprint density at radius 2 is 2.21 bits per heavy atom. The van der Waals surface area contributed by atoms with Crippen molar-refractivity contribution in [2.75, 3.05) is 5.32 Å². The third-order valence-corrected chi connectivity index (χ3v) is 5.30. The molecule has 0 saturated heterocycles. The van der Waals surface area contributed by atoms with Crippen LogP contribution in [0.3, 0.4) is 0 Å². The van der Waals surface area contributed by atoms with Crippen molar-refractivity contribution in [2.24, 2.45) is 0 Å². The first-order chi connectivity index (χ1) is 11.5. The van der Waals surface area contributed by atoms with E-state index in [1.54, 1.807) is 35.0 Å². The molecule has 0 aliphatic rings. The normalized spacial score (nSPS) is 12.1. The largest absolute Gasteiger partial charge is 0.324 e. The zero-order valence-corrected chi connectivity index (χ0v) is 15.4. The molecule has 0 aliphatic heterocycles. The van der Waals surface area contributed by atoms with E-state index in [2.05, 4.69) is 15.5 Å². The number of aromatic amines is 1. The fourth-order valence-corrected chi connectivity index (χ4v) is 3.52. The van der Waals surface area contributed by atoms with Gasteiger partial charge >= 0.3 is 0 Å². The summed E-state index contributed by atoms with van der Waals surface area (Å²) in [7, 11) is 0. The molecule has 0 saturated carbocycles. The van der Waals surface area contributed by atoms with Crippen LogP contribution in [-0.2, 0) is 4.79 Å². The molecule has 0 unspecified atom stereocenters. The minimum atomic E-state index is -0.522. The van der Waals surface area contributed by atoms with Crippen molar-refractivity contribution in [3.8, 4) is 10.7 Å². The molecule has 124 valence electrons. The molecule has 0 spiro atoms. The summed E-state index contributed by atoms with van der Waals surface area (Å²) in [6.45, 7) is 3.65. The predicted octanol–water partition coefficient (Wildman–Crippen LogP) is 4.83. The maximum Gasteiger partial charge on any atom is 0.247 e. The van der Waals surface area contributed by atoms with Gasteiger partial charge < -0.3 is 5.32 Å². The Morgan fingerprint density at radius 3 is 2.92 bits per heavy atom. The smallest absolute Gasteiger partial charge is 0.247 e. The number of aromatic nitrogens is 3. The number of amides is 1. The highest BCUT2D eigenvalue weighted by Gasteiger charge is 2.22. The Kier molecular flexibility index (Phi) is 4.84. The molecule has 24 heavy (non-hydrogen) atoms. The van der Waals surface area contributed by atoms with Crippen LogP contribution in [0.25, 0.3) is 10.7 Å².